The van der Waals surface area contributed by atoms with Crippen LogP contribution >= 0.6 is 0 Å². The maximum atomic E-state index is 12.5. The van der Waals surface area contributed by atoms with Crippen molar-refractivity contribution in [3.05, 3.63) is 29.8 Å². The molecule has 116 valence electrons. The number of rotatable bonds is 5. The summed E-state index contributed by atoms with van der Waals surface area (Å²) in [4.78, 5) is 14.2. The van der Waals surface area contributed by atoms with Gasteiger partial charge in [0.25, 0.3) is 0 Å². The first-order chi connectivity index (χ1) is 10.0. The highest BCUT2D eigenvalue weighted by Crippen LogP contribution is 2.22. The van der Waals surface area contributed by atoms with Crippen LogP contribution in [0, 0.1) is 5.92 Å². The molecule has 1 heterocycles. The van der Waals surface area contributed by atoms with Crippen LogP contribution < -0.4 is 10.5 Å². The van der Waals surface area contributed by atoms with Crippen LogP contribution in [-0.4, -0.2) is 50.3 Å². The van der Waals surface area contributed by atoms with E-state index in [1.165, 1.54) is 0 Å². The Morgan fingerprint density at radius 2 is 2.19 bits per heavy atom. The molecule has 1 aliphatic rings. The SMILES string of the molecule is COc1ccccc1CC(C)N(C)C(=O)C1COCC1N. The van der Waals surface area contributed by atoms with E-state index in [4.69, 9.17) is 15.2 Å². The lowest BCUT2D eigenvalue weighted by atomic mass is 10.00. The van der Waals surface area contributed by atoms with Gasteiger partial charge in [-0.25, -0.2) is 0 Å². The second-order valence-electron chi connectivity index (χ2n) is 5.62. The van der Waals surface area contributed by atoms with Crippen LogP contribution in [0.25, 0.3) is 0 Å². The fraction of sp³-hybridized carbons (Fsp3) is 0.562. The van der Waals surface area contributed by atoms with E-state index in [9.17, 15) is 4.79 Å². The third-order valence-corrected chi connectivity index (χ3v) is 4.16. The van der Waals surface area contributed by atoms with E-state index in [0.717, 1.165) is 17.7 Å². The van der Waals surface area contributed by atoms with Gasteiger partial charge in [-0.05, 0) is 25.0 Å². The van der Waals surface area contributed by atoms with E-state index in [1.807, 2.05) is 38.2 Å². The van der Waals surface area contributed by atoms with Crippen molar-refractivity contribution in [1.29, 1.82) is 0 Å². The van der Waals surface area contributed by atoms with Crippen LogP contribution in [0.15, 0.2) is 24.3 Å². The molecule has 0 bridgehead atoms. The first kappa shape index (κ1) is 15.8. The van der Waals surface area contributed by atoms with Crippen molar-refractivity contribution in [2.45, 2.75) is 25.4 Å². The Morgan fingerprint density at radius 3 is 2.81 bits per heavy atom. The minimum absolute atomic E-state index is 0.0578. The summed E-state index contributed by atoms with van der Waals surface area (Å²) in [6, 6.07) is 7.76. The summed E-state index contributed by atoms with van der Waals surface area (Å²) in [7, 11) is 3.49. The number of ether oxygens (including phenoxy) is 2. The Kier molecular flexibility index (Phi) is 5.20. The van der Waals surface area contributed by atoms with Gasteiger partial charge in [0.2, 0.25) is 5.91 Å². The maximum Gasteiger partial charge on any atom is 0.229 e. The first-order valence-corrected chi connectivity index (χ1v) is 7.26. The highest BCUT2D eigenvalue weighted by Gasteiger charge is 2.34. The van der Waals surface area contributed by atoms with Gasteiger partial charge in [0.15, 0.2) is 0 Å². The van der Waals surface area contributed by atoms with Gasteiger partial charge in [0, 0.05) is 19.1 Å². The number of hydrogen-bond acceptors (Lipinski definition) is 4. The molecule has 0 spiro atoms. The van der Waals surface area contributed by atoms with Crippen LogP contribution in [0.1, 0.15) is 12.5 Å². The summed E-state index contributed by atoms with van der Waals surface area (Å²) in [5.74, 6) is 0.684. The molecule has 3 unspecified atom stereocenters. The number of benzene rings is 1. The van der Waals surface area contributed by atoms with Crippen LogP contribution in [0.5, 0.6) is 5.75 Å². The Morgan fingerprint density at radius 1 is 1.48 bits per heavy atom. The Bertz CT molecular complexity index is 492. The standard InChI is InChI=1S/C16H24N2O3/c1-11(8-12-6-4-5-7-15(12)20-3)18(2)16(19)13-9-21-10-14(13)17/h4-7,11,13-14H,8-10,17H2,1-3H3. The Balaban J connectivity index is 2.02. The number of nitrogens with zero attached hydrogens (tertiary/aromatic N) is 1. The van der Waals surface area contributed by atoms with E-state index in [2.05, 4.69) is 0 Å². The summed E-state index contributed by atoms with van der Waals surface area (Å²) in [6.45, 7) is 2.92. The number of nitrogens with two attached hydrogens (primary N) is 1. The van der Waals surface area contributed by atoms with Crippen molar-refractivity contribution >= 4 is 5.91 Å². The van der Waals surface area contributed by atoms with Crippen molar-refractivity contribution in [3.8, 4) is 5.75 Å². The predicted molar refractivity (Wildman–Crippen MR) is 81.2 cm³/mol. The summed E-state index contributed by atoms with van der Waals surface area (Å²) in [6.07, 6.45) is 0.745. The lowest BCUT2D eigenvalue weighted by Crippen LogP contribution is -2.45. The molecule has 3 atom stereocenters. The molecular formula is C16H24N2O3. The average Bonchev–Trinajstić information content (AvgIpc) is 2.92. The molecule has 2 N–H and O–H groups in total. The summed E-state index contributed by atoms with van der Waals surface area (Å²) < 4.78 is 10.6. The molecular weight excluding hydrogens is 268 g/mol. The zero-order valence-electron chi connectivity index (χ0n) is 12.9. The molecule has 1 fully saturated rings. The Hall–Kier alpha value is -1.59. The number of methoxy groups -OCH3 is 1. The lowest BCUT2D eigenvalue weighted by molar-refractivity contribution is -0.136. The molecule has 0 radical (unpaired) electrons. The zero-order valence-corrected chi connectivity index (χ0v) is 12.9. The highest BCUT2D eigenvalue weighted by atomic mass is 16.5. The van der Waals surface area contributed by atoms with Crippen LogP contribution in [0.2, 0.25) is 0 Å². The molecule has 1 aromatic rings. The molecule has 1 amide bonds. The summed E-state index contributed by atoms with van der Waals surface area (Å²) in [5.41, 5.74) is 7.02. The van der Waals surface area contributed by atoms with E-state index >= 15 is 0 Å². The average molecular weight is 292 g/mol. The lowest BCUT2D eigenvalue weighted by Gasteiger charge is -2.28. The fourth-order valence-electron chi connectivity index (χ4n) is 2.63. The monoisotopic (exact) mass is 292 g/mol. The van der Waals surface area contributed by atoms with Gasteiger partial charge >= 0.3 is 0 Å². The quantitative estimate of drug-likeness (QED) is 0.881. The van der Waals surface area contributed by atoms with E-state index in [1.54, 1.807) is 12.0 Å². The minimum Gasteiger partial charge on any atom is -0.496 e. The maximum absolute atomic E-state index is 12.5. The van der Waals surface area contributed by atoms with E-state index in [0.29, 0.717) is 13.2 Å². The van der Waals surface area contributed by atoms with Crippen molar-refractivity contribution in [3.63, 3.8) is 0 Å². The molecule has 1 saturated heterocycles. The van der Waals surface area contributed by atoms with Gasteiger partial charge in [-0.3, -0.25) is 4.79 Å². The molecule has 0 saturated carbocycles. The second kappa shape index (κ2) is 6.91. The van der Waals surface area contributed by atoms with Crippen molar-refractivity contribution < 1.29 is 14.3 Å². The number of carbonyl (C=O) groups is 1. The molecule has 21 heavy (non-hydrogen) atoms. The summed E-state index contributed by atoms with van der Waals surface area (Å²) in [5, 5.41) is 0. The Labute approximate surface area is 126 Å². The van der Waals surface area contributed by atoms with Crippen LogP contribution in [-0.2, 0) is 16.0 Å². The minimum atomic E-state index is -0.227. The van der Waals surface area contributed by atoms with Crippen molar-refractivity contribution in [2.24, 2.45) is 11.7 Å². The molecule has 1 aromatic carbocycles. The molecule has 0 aliphatic carbocycles. The largest absolute Gasteiger partial charge is 0.496 e. The van der Waals surface area contributed by atoms with Gasteiger partial charge in [-0.1, -0.05) is 18.2 Å². The highest BCUT2D eigenvalue weighted by molar-refractivity contribution is 5.80. The number of likely N-dealkylation sites (N-methyl/N-ethyl adjacent to an activating group) is 1. The van der Waals surface area contributed by atoms with Gasteiger partial charge < -0.3 is 20.1 Å². The summed E-state index contributed by atoms with van der Waals surface area (Å²) >= 11 is 0. The number of amides is 1. The normalized spacial score (nSPS) is 22.9. The van der Waals surface area contributed by atoms with Gasteiger partial charge in [0.1, 0.15) is 5.75 Å². The van der Waals surface area contributed by atoms with Crippen molar-refractivity contribution in [2.75, 3.05) is 27.4 Å². The molecule has 0 aromatic heterocycles. The van der Waals surface area contributed by atoms with Crippen molar-refractivity contribution in [1.82, 2.24) is 4.90 Å². The molecule has 5 heteroatoms. The third kappa shape index (κ3) is 3.54. The molecule has 2 rings (SSSR count). The second-order valence-corrected chi connectivity index (χ2v) is 5.62. The number of carbonyl (C=O) groups excluding carboxylic acids is 1. The topological polar surface area (TPSA) is 64.8 Å². The predicted octanol–water partition coefficient (Wildman–Crippen LogP) is 1.06. The smallest absolute Gasteiger partial charge is 0.229 e. The van der Waals surface area contributed by atoms with Gasteiger partial charge in [-0.2, -0.15) is 0 Å². The molecule has 5 nitrogen and oxygen atoms in total. The fourth-order valence-corrected chi connectivity index (χ4v) is 2.63. The van der Waals surface area contributed by atoms with E-state index < -0.39 is 0 Å². The van der Waals surface area contributed by atoms with E-state index in [-0.39, 0.29) is 23.9 Å². The molecule has 1 aliphatic heterocycles. The third-order valence-electron chi connectivity index (χ3n) is 4.16. The van der Waals surface area contributed by atoms with Gasteiger partial charge in [0.05, 0.1) is 26.2 Å². The zero-order chi connectivity index (χ0) is 15.4. The number of hydrogen-bond donors (Lipinski definition) is 1. The number of para-hydroxylation sites is 1. The van der Waals surface area contributed by atoms with Gasteiger partial charge in [-0.15, -0.1) is 0 Å². The first-order valence-electron chi connectivity index (χ1n) is 7.26. The van der Waals surface area contributed by atoms with Crippen LogP contribution in [0.4, 0.5) is 0 Å². The van der Waals surface area contributed by atoms with Crippen LogP contribution in [0.3, 0.4) is 0 Å².